The fourth-order valence-corrected chi connectivity index (χ4v) is 4.09. The Morgan fingerprint density at radius 1 is 1.12 bits per heavy atom. The summed E-state index contributed by atoms with van der Waals surface area (Å²) >= 11 is 1.40. The van der Waals surface area contributed by atoms with Gasteiger partial charge in [-0.2, -0.15) is 0 Å². The number of thiazole rings is 1. The summed E-state index contributed by atoms with van der Waals surface area (Å²) in [6, 6.07) is 15.4. The summed E-state index contributed by atoms with van der Waals surface area (Å²) < 4.78 is 0. The standard InChI is InChI=1S/C24H25N5O2S/c1-15(2)29(12-21-25-19-7-5-4-6-18(19)23(31)27-21)13-22(30)28-24-26-20(14-32-24)17-10-8-16(3)9-11-17/h4-11,14-15H,12-13H2,1-3H3,(H,25,27,31)(H,26,28,30). The van der Waals surface area contributed by atoms with Gasteiger partial charge in [-0.1, -0.05) is 42.0 Å². The minimum Gasteiger partial charge on any atom is -0.309 e. The third-order valence-electron chi connectivity index (χ3n) is 5.19. The molecule has 0 atom stereocenters. The molecule has 0 aliphatic heterocycles. The molecule has 2 aromatic heterocycles. The van der Waals surface area contributed by atoms with E-state index in [9.17, 15) is 9.59 Å². The quantitative estimate of drug-likeness (QED) is 0.443. The molecule has 0 saturated carbocycles. The molecule has 4 rings (SSSR count). The van der Waals surface area contributed by atoms with Crippen LogP contribution >= 0.6 is 11.3 Å². The van der Waals surface area contributed by atoms with Gasteiger partial charge in [0.15, 0.2) is 5.13 Å². The van der Waals surface area contributed by atoms with Gasteiger partial charge >= 0.3 is 0 Å². The lowest BCUT2D eigenvalue weighted by Crippen LogP contribution is -2.38. The molecule has 0 spiro atoms. The number of nitrogens with one attached hydrogen (secondary N) is 2. The van der Waals surface area contributed by atoms with E-state index in [4.69, 9.17) is 0 Å². The van der Waals surface area contributed by atoms with E-state index in [0.29, 0.717) is 28.4 Å². The number of aryl methyl sites for hydroxylation is 1. The van der Waals surface area contributed by atoms with E-state index in [-0.39, 0.29) is 24.1 Å². The number of aromatic amines is 1. The number of hydrogen-bond donors (Lipinski definition) is 2. The Morgan fingerprint density at radius 3 is 2.62 bits per heavy atom. The van der Waals surface area contributed by atoms with E-state index in [1.807, 2.05) is 73.5 Å². The molecule has 0 fully saturated rings. The molecule has 0 aliphatic rings. The van der Waals surface area contributed by atoms with E-state index in [1.165, 1.54) is 16.9 Å². The molecule has 8 heteroatoms. The first-order valence-corrected chi connectivity index (χ1v) is 11.3. The predicted molar refractivity (Wildman–Crippen MR) is 129 cm³/mol. The molecule has 0 aliphatic carbocycles. The number of nitrogens with zero attached hydrogens (tertiary/aromatic N) is 3. The van der Waals surface area contributed by atoms with Crippen LogP contribution in [0.2, 0.25) is 0 Å². The summed E-state index contributed by atoms with van der Waals surface area (Å²) in [5, 5.41) is 5.94. The highest BCUT2D eigenvalue weighted by Crippen LogP contribution is 2.25. The van der Waals surface area contributed by atoms with Gasteiger partial charge in [-0.15, -0.1) is 11.3 Å². The molecule has 1 amide bonds. The van der Waals surface area contributed by atoms with Gasteiger partial charge in [0.05, 0.1) is 29.7 Å². The highest BCUT2D eigenvalue weighted by Gasteiger charge is 2.17. The van der Waals surface area contributed by atoms with Gasteiger partial charge in [-0.05, 0) is 32.9 Å². The predicted octanol–water partition coefficient (Wildman–Crippen LogP) is 4.20. The molecule has 32 heavy (non-hydrogen) atoms. The lowest BCUT2D eigenvalue weighted by atomic mass is 10.1. The second-order valence-corrected chi connectivity index (χ2v) is 8.84. The molecule has 0 bridgehead atoms. The molecule has 2 N–H and O–H groups in total. The summed E-state index contributed by atoms with van der Waals surface area (Å²) in [5.74, 6) is 0.373. The Kier molecular flexibility index (Phi) is 6.43. The smallest absolute Gasteiger partial charge is 0.258 e. The number of carbonyl (C=O) groups is 1. The van der Waals surface area contributed by atoms with E-state index in [1.54, 1.807) is 6.07 Å². The van der Waals surface area contributed by atoms with Gasteiger partial charge in [-0.25, -0.2) is 9.97 Å². The van der Waals surface area contributed by atoms with Crippen LogP contribution in [0.5, 0.6) is 0 Å². The Balaban J connectivity index is 1.44. The number of fused-ring (bicyclic) bond motifs is 1. The number of hydrogen-bond acceptors (Lipinski definition) is 6. The van der Waals surface area contributed by atoms with E-state index in [2.05, 4.69) is 20.3 Å². The van der Waals surface area contributed by atoms with Gasteiger partial charge in [0.2, 0.25) is 5.91 Å². The van der Waals surface area contributed by atoms with Crippen LogP contribution in [0.4, 0.5) is 5.13 Å². The van der Waals surface area contributed by atoms with Crippen LogP contribution in [0.1, 0.15) is 25.2 Å². The first-order chi connectivity index (χ1) is 15.4. The zero-order chi connectivity index (χ0) is 22.7. The van der Waals surface area contributed by atoms with Crippen LogP contribution in [-0.4, -0.2) is 38.3 Å². The SMILES string of the molecule is Cc1ccc(-c2csc(NC(=O)CN(Cc3nc4ccccc4c(=O)[nH]3)C(C)C)n2)cc1. The number of benzene rings is 2. The zero-order valence-corrected chi connectivity index (χ0v) is 19.1. The minimum absolute atomic E-state index is 0.0805. The second-order valence-electron chi connectivity index (χ2n) is 7.98. The first-order valence-electron chi connectivity index (χ1n) is 10.4. The molecule has 0 radical (unpaired) electrons. The van der Waals surface area contributed by atoms with Gasteiger partial charge in [0.1, 0.15) is 5.82 Å². The largest absolute Gasteiger partial charge is 0.309 e. The van der Waals surface area contributed by atoms with Crippen molar-refractivity contribution >= 4 is 33.3 Å². The molecule has 4 aromatic rings. The molecule has 0 unspecified atom stereocenters. The highest BCUT2D eigenvalue weighted by atomic mass is 32.1. The van der Waals surface area contributed by atoms with E-state index in [0.717, 1.165) is 11.3 Å². The fraction of sp³-hybridized carbons (Fsp3) is 0.250. The van der Waals surface area contributed by atoms with Crippen molar-refractivity contribution in [1.82, 2.24) is 19.9 Å². The Bertz CT molecular complexity index is 1290. The maximum absolute atomic E-state index is 12.7. The Morgan fingerprint density at radius 2 is 1.88 bits per heavy atom. The Hall–Kier alpha value is -3.36. The molecular weight excluding hydrogens is 422 g/mol. The number of aromatic nitrogens is 3. The lowest BCUT2D eigenvalue weighted by molar-refractivity contribution is -0.117. The first kappa shape index (κ1) is 21.9. The van der Waals surface area contributed by atoms with Gasteiger partial charge in [-0.3, -0.25) is 14.5 Å². The van der Waals surface area contributed by atoms with Crippen molar-refractivity contribution < 1.29 is 4.79 Å². The molecule has 0 saturated heterocycles. The molecule has 2 heterocycles. The summed E-state index contributed by atoms with van der Waals surface area (Å²) in [6.07, 6.45) is 0. The van der Waals surface area contributed by atoms with Crippen molar-refractivity contribution in [1.29, 1.82) is 0 Å². The number of amides is 1. The van der Waals surface area contributed by atoms with Crippen LogP contribution in [-0.2, 0) is 11.3 Å². The number of H-pyrrole nitrogens is 1. The van der Waals surface area contributed by atoms with Crippen molar-refractivity contribution in [3.05, 3.63) is 75.7 Å². The van der Waals surface area contributed by atoms with E-state index < -0.39 is 0 Å². The molecular formula is C24H25N5O2S. The lowest BCUT2D eigenvalue weighted by Gasteiger charge is -2.25. The molecule has 7 nitrogen and oxygen atoms in total. The van der Waals surface area contributed by atoms with Crippen LogP contribution in [0.25, 0.3) is 22.2 Å². The van der Waals surface area contributed by atoms with Crippen molar-refractivity contribution in [3.63, 3.8) is 0 Å². The van der Waals surface area contributed by atoms with Crippen molar-refractivity contribution in [2.24, 2.45) is 0 Å². The minimum atomic E-state index is -0.176. The summed E-state index contributed by atoms with van der Waals surface area (Å²) in [6.45, 7) is 6.57. The summed E-state index contributed by atoms with van der Waals surface area (Å²) in [5.41, 5.74) is 3.51. The molecule has 164 valence electrons. The van der Waals surface area contributed by atoms with Gasteiger partial charge in [0.25, 0.3) is 5.56 Å². The maximum atomic E-state index is 12.7. The van der Waals surface area contributed by atoms with Crippen molar-refractivity contribution in [2.45, 2.75) is 33.4 Å². The monoisotopic (exact) mass is 447 g/mol. The van der Waals surface area contributed by atoms with Crippen LogP contribution in [0.3, 0.4) is 0 Å². The topological polar surface area (TPSA) is 91.0 Å². The summed E-state index contributed by atoms with van der Waals surface area (Å²) in [4.78, 5) is 38.9. The third-order valence-corrected chi connectivity index (χ3v) is 5.95. The van der Waals surface area contributed by atoms with Crippen LogP contribution < -0.4 is 10.9 Å². The van der Waals surface area contributed by atoms with Crippen LogP contribution in [0, 0.1) is 6.92 Å². The fourth-order valence-electron chi connectivity index (χ4n) is 3.35. The number of carbonyl (C=O) groups excluding carboxylic acids is 1. The van der Waals surface area contributed by atoms with Crippen LogP contribution in [0.15, 0.2) is 58.7 Å². The highest BCUT2D eigenvalue weighted by molar-refractivity contribution is 7.14. The average Bonchev–Trinajstić information content (AvgIpc) is 3.22. The van der Waals surface area contributed by atoms with Gasteiger partial charge < -0.3 is 10.3 Å². The second kappa shape index (κ2) is 9.42. The van der Waals surface area contributed by atoms with Crippen molar-refractivity contribution in [2.75, 3.05) is 11.9 Å². The Labute approximate surface area is 190 Å². The normalized spacial score (nSPS) is 11.4. The number of rotatable bonds is 7. The molecule has 2 aromatic carbocycles. The van der Waals surface area contributed by atoms with Gasteiger partial charge in [0, 0.05) is 17.0 Å². The average molecular weight is 448 g/mol. The van der Waals surface area contributed by atoms with Crippen molar-refractivity contribution in [3.8, 4) is 11.3 Å². The van der Waals surface area contributed by atoms with E-state index >= 15 is 0 Å². The third kappa shape index (κ3) is 5.09. The maximum Gasteiger partial charge on any atom is 0.258 e. The number of anilines is 1. The zero-order valence-electron chi connectivity index (χ0n) is 18.3. The summed E-state index contributed by atoms with van der Waals surface area (Å²) in [7, 11) is 0. The number of para-hydroxylation sites is 1.